The Morgan fingerprint density at radius 1 is 1.25 bits per heavy atom. The fourth-order valence-electron chi connectivity index (χ4n) is 4.54. The maximum absolute atomic E-state index is 13.8. The molecule has 4 aromatic rings. The van der Waals surface area contributed by atoms with E-state index >= 15 is 0 Å². The van der Waals surface area contributed by atoms with E-state index in [9.17, 15) is 9.18 Å². The van der Waals surface area contributed by atoms with Crippen LogP contribution in [0.2, 0.25) is 0 Å². The Morgan fingerprint density at radius 3 is 2.81 bits per heavy atom. The standard InChI is InChI=1S/C26H27FN4O3.2ClH/c1-30(2)8-9-31-14-22(25(32)18-10-17-11-19(27)5-7-24(17)34-15-18)20-6-4-16(12-23(20)31)21-13-28-29-26(21)33-3;;/h4-7,11-14,18H,8-10,15H2,1-3H3,(H,28,29);2*1H/t18-;;/m0../s1. The van der Waals surface area contributed by atoms with Gasteiger partial charge in [0.15, 0.2) is 5.78 Å². The molecule has 0 aliphatic carbocycles. The van der Waals surface area contributed by atoms with Crippen molar-refractivity contribution in [2.75, 3.05) is 34.4 Å². The zero-order chi connectivity index (χ0) is 23.8. The van der Waals surface area contributed by atoms with Gasteiger partial charge in [0.2, 0.25) is 5.88 Å². The molecule has 1 aliphatic heterocycles. The number of aromatic amines is 1. The lowest BCUT2D eigenvalue weighted by atomic mass is 9.89. The van der Waals surface area contributed by atoms with Gasteiger partial charge in [-0.2, -0.15) is 5.10 Å². The predicted octanol–water partition coefficient (Wildman–Crippen LogP) is 5.02. The summed E-state index contributed by atoms with van der Waals surface area (Å²) in [6.45, 7) is 1.85. The Bertz CT molecular complexity index is 1370. The van der Waals surface area contributed by atoms with Crippen LogP contribution in [-0.2, 0) is 13.0 Å². The van der Waals surface area contributed by atoms with Crippen LogP contribution in [0.25, 0.3) is 22.0 Å². The zero-order valence-corrected chi connectivity index (χ0v) is 21.9. The summed E-state index contributed by atoms with van der Waals surface area (Å²) in [6.07, 6.45) is 4.13. The number of nitrogens with zero attached hydrogens (tertiary/aromatic N) is 3. The number of ether oxygens (including phenoxy) is 2. The molecule has 0 saturated carbocycles. The summed E-state index contributed by atoms with van der Waals surface area (Å²) >= 11 is 0. The topological polar surface area (TPSA) is 72.4 Å². The lowest BCUT2D eigenvalue weighted by molar-refractivity contribution is 0.0856. The van der Waals surface area contributed by atoms with Crippen LogP contribution in [0.5, 0.6) is 11.6 Å². The number of Topliss-reactive ketones (excluding diaryl/α,β-unsaturated/α-hetero) is 1. The molecule has 0 saturated heterocycles. The molecule has 192 valence electrons. The van der Waals surface area contributed by atoms with Crippen molar-refractivity contribution in [3.05, 3.63) is 65.7 Å². The minimum absolute atomic E-state index is 0. The lowest BCUT2D eigenvalue weighted by Crippen LogP contribution is -2.28. The van der Waals surface area contributed by atoms with Crippen LogP contribution < -0.4 is 9.47 Å². The van der Waals surface area contributed by atoms with E-state index < -0.39 is 0 Å². The van der Waals surface area contributed by atoms with Crippen LogP contribution in [0, 0.1) is 11.7 Å². The summed E-state index contributed by atoms with van der Waals surface area (Å²) in [5.74, 6) is 0.566. The largest absolute Gasteiger partial charge is 0.493 e. The molecule has 2 aromatic heterocycles. The van der Waals surface area contributed by atoms with Crippen LogP contribution in [0.3, 0.4) is 0 Å². The number of methoxy groups -OCH3 is 1. The van der Waals surface area contributed by atoms with Crippen LogP contribution in [-0.4, -0.2) is 59.8 Å². The molecule has 1 N–H and O–H groups in total. The second-order valence-electron chi connectivity index (χ2n) is 8.92. The number of fused-ring (bicyclic) bond motifs is 2. The number of nitrogens with one attached hydrogen (secondary N) is 1. The van der Waals surface area contributed by atoms with Crippen molar-refractivity contribution in [1.82, 2.24) is 19.7 Å². The van der Waals surface area contributed by atoms with Crippen LogP contribution in [0.4, 0.5) is 4.39 Å². The van der Waals surface area contributed by atoms with Gasteiger partial charge in [-0.3, -0.25) is 4.79 Å². The van der Waals surface area contributed by atoms with E-state index in [2.05, 4.69) is 25.7 Å². The first-order chi connectivity index (χ1) is 16.4. The Kier molecular flexibility index (Phi) is 8.66. The second kappa shape index (κ2) is 11.3. The molecule has 0 fully saturated rings. The molecule has 0 bridgehead atoms. The van der Waals surface area contributed by atoms with Gasteiger partial charge in [0, 0.05) is 35.8 Å². The van der Waals surface area contributed by atoms with Gasteiger partial charge in [-0.15, -0.1) is 24.8 Å². The fourth-order valence-corrected chi connectivity index (χ4v) is 4.54. The molecule has 3 heterocycles. The van der Waals surface area contributed by atoms with Crippen molar-refractivity contribution in [3.8, 4) is 22.8 Å². The van der Waals surface area contributed by atoms with Crippen molar-refractivity contribution in [3.63, 3.8) is 0 Å². The molecule has 1 aliphatic rings. The Morgan fingerprint density at radius 2 is 2.06 bits per heavy atom. The Hall–Kier alpha value is -3.07. The van der Waals surface area contributed by atoms with Crippen LogP contribution in [0.1, 0.15) is 15.9 Å². The molecule has 0 spiro atoms. The van der Waals surface area contributed by atoms with Crippen molar-refractivity contribution in [2.24, 2.45) is 5.92 Å². The third-order valence-electron chi connectivity index (χ3n) is 6.36. The highest BCUT2D eigenvalue weighted by atomic mass is 35.5. The summed E-state index contributed by atoms with van der Waals surface area (Å²) in [5, 5.41) is 7.84. The fraction of sp³-hybridized carbons (Fsp3) is 0.308. The predicted molar refractivity (Wildman–Crippen MR) is 143 cm³/mol. The van der Waals surface area contributed by atoms with E-state index in [-0.39, 0.29) is 48.9 Å². The first-order valence-electron chi connectivity index (χ1n) is 11.3. The summed E-state index contributed by atoms with van der Waals surface area (Å²) in [6, 6.07) is 10.5. The molecule has 1 atom stereocenters. The summed E-state index contributed by atoms with van der Waals surface area (Å²) in [5.41, 5.74) is 4.17. The molecular formula is C26H29Cl2FN4O3. The quantitative estimate of drug-likeness (QED) is 0.337. The number of carbonyl (C=O) groups is 1. The molecular weight excluding hydrogens is 506 g/mol. The summed E-state index contributed by atoms with van der Waals surface area (Å²) in [4.78, 5) is 15.7. The molecule has 5 rings (SSSR count). The molecule has 10 heteroatoms. The second-order valence-corrected chi connectivity index (χ2v) is 8.92. The summed E-state index contributed by atoms with van der Waals surface area (Å²) < 4.78 is 27.1. The highest BCUT2D eigenvalue weighted by Gasteiger charge is 2.29. The third-order valence-corrected chi connectivity index (χ3v) is 6.36. The maximum atomic E-state index is 13.8. The highest BCUT2D eigenvalue weighted by Crippen LogP contribution is 2.34. The number of ketones is 1. The van der Waals surface area contributed by atoms with E-state index in [0.29, 0.717) is 23.6 Å². The lowest BCUT2D eigenvalue weighted by Gasteiger charge is -2.24. The monoisotopic (exact) mass is 534 g/mol. The number of hydrogen-bond acceptors (Lipinski definition) is 5. The normalized spacial score (nSPS) is 14.5. The number of likely N-dealkylation sites (N-methyl/N-ethyl adjacent to an activating group) is 1. The van der Waals surface area contributed by atoms with Crippen molar-refractivity contribution >= 4 is 41.5 Å². The maximum Gasteiger partial charge on any atom is 0.216 e. The van der Waals surface area contributed by atoms with Gasteiger partial charge < -0.3 is 18.9 Å². The van der Waals surface area contributed by atoms with Gasteiger partial charge in [-0.1, -0.05) is 12.1 Å². The number of halogens is 3. The molecule has 36 heavy (non-hydrogen) atoms. The average molecular weight is 535 g/mol. The zero-order valence-electron chi connectivity index (χ0n) is 20.3. The molecule has 2 aromatic carbocycles. The SMILES string of the molecule is COc1[nH]ncc1-c1ccc2c(C(=O)[C@@H]3COc4ccc(F)cc4C3)cn(CCN(C)C)c2c1.Cl.Cl. The summed E-state index contributed by atoms with van der Waals surface area (Å²) in [7, 11) is 5.65. The van der Waals surface area contributed by atoms with E-state index in [4.69, 9.17) is 9.47 Å². The van der Waals surface area contributed by atoms with Gasteiger partial charge in [0.05, 0.1) is 31.4 Å². The van der Waals surface area contributed by atoms with Crippen molar-refractivity contribution in [2.45, 2.75) is 13.0 Å². The van der Waals surface area contributed by atoms with E-state index in [1.807, 2.05) is 32.4 Å². The van der Waals surface area contributed by atoms with E-state index in [1.165, 1.54) is 12.1 Å². The van der Waals surface area contributed by atoms with Crippen LogP contribution >= 0.6 is 24.8 Å². The van der Waals surface area contributed by atoms with Gasteiger partial charge >= 0.3 is 0 Å². The molecule has 7 nitrogen and oxygen atoms in total. The van der Waals surface area contributed by atoms with Gasteiger partial charge in [-0.05, 0) is 55.9 Å². The van der Waals surface area contributed by atoms with Crippen molar-refractivity contribution < 1.29 is 18.7 Å². The van der Waals surface area contributed by atoms with Gasteiger partial charge in [0.1, 0.15) is 11.6 Å². The first-order valence-corrected chi connectivity index (χ1v) is 11.3. The average Bonchev–Trinajstić information content (AvgIpc) is 3.46. The van der Waals surface area contributed by atoms with Crippen molar-refractivity contribution in [1.29, 1.82) is 0 Å². The Balaban J connectivity index is 0.00000180. The number of aromatic nitrogens is 3. The smallest absolute Gasteiger partial charge is 0.216 e. The minimum Gasteiger partial charge on any atom is -0.493 e. The van der Waals surface area contributed by atoms with E-state index in [0.717, 1.165) is 40.7 Å². The number of hydrogen-bond donors (Lipinski definition) is 1. The number of carbonyl (C=O) groups excluding carboxylic acids is 1. The third kappa shape index (κ3) is 5.21. The molecule has 0 unspecified atom stereocenters. The number of rotatable bonds is 7. The van der Waals surface area contributed by atoms with Gasteiger partial charge in [0.25, 0.3) is 0 Å². The molecule has 0 radical (unpaired) electrons. The highest BCUT2D eigenvalue weighted by molar-refractivity contribution is 6.10. The number of benzene rings is 2. The van der Waals surface area contributed by atoms with E-state index in [1.54, 1.807) is 19.4 Å². The molecule has 0 amide bonds. The van der Waals surface area contributed by atoms with Crippen LogP contribution in [0.15, 0.2) is 48.8 Å². The Labute approximate surface area is 221 Å². The van der Waals surface area contributed by atoms with Gasteiger partial charge in [-0.25, -0.2) is 9.49 Å². The minimum atomic E-state index is -0.365. The number of H-pyrrole nitrogens is 1. The first kappa shape index (κ1) is 27.5.